The Morgan fingerprint density at radius 3 is 2.41 bits per heavy atom. The molecule has 1 heterocycles. The fraction of sp³-hybridized carbons (Fsp3) is 0.846. The van der Waals surface area contributed by atoms with Gasteiger partial charge in [-0.15, -0.1) is 0 Å². The first-order valence-corrected chi connectivity index (χ1v) is 6.18. The highest BCUT2D eigenvalue weighted by Gasteiger charge is 2.53. The molecular formula is C13H23NO3. The van der Waals surface area contributed by atoms with Crippen LogP contribution in [0.25, 0.3) is 0 Å². The van der Waals surface area contributed by atoms with Crippen molar-refractivity contribution in [3.63, 3.8) is 0 Å². The first-order valence-electron chi connectivity index (χ1n) is 6.18. The molecule has 0 aliphatic carbocycles. The zero-order valence-electron chi connectivity index (χ0n) is 11.4. The molecule has 4 heteroatoms. The Balaban J connectivity index is 3.13. The Bertz CT molecular complexity index is 334. The zero-order valence-corrected chi connectivity index (χ0v) is 11.4. The number of amides is 1. The molecule has 1 aliphatic heterocycles. The first-order chi connectivity index (χ1) is 7.63. The van der Waals surface area contributed by atoms with Gasteiger partial charge in [-0.2, -0.15) is 0 Å². The maximum Gasteiger partial charge on any atom is 0.236 e. The average Bonchev–Trinajstić information content (AvgIpc) is 2.08. The van der Waals surface area contributed by atoms with E-state index in [4.69, 9.17) is 0 Å². The van der Waals surface area contributed by atoms with Crippen molar-refractivity contribution in [2.45, 2.75) is 58.6 Å². The highest BCUT2D eigenvalue weighted by atomic mass is 16.3. The van der Waals surface area contributed by atoms with Gasteiger partial charge in [-0.1, -0.05) is 6.92 Å². The van der Waals surface area contributed by atoms with Crippen molar-refractivity contribution in [1.82, 2.24) is 4.90 Å². The lowest BCUT2D eigenvalue weighted by molar-refractivity contribution is -0.170. The summed E-state index contributed by atoms with van der Waals surface area (Å²) >= 11 is 0. The van der Waals surface area contributed by atoms with Crippen LogP contribution in [0.3, 0.4) is 0 Å². The molecule has 0 aromatic heterocycles. The van der Waals surface area contributed by atoms with Gasteiger partial charge >= 0.3 is 0 Å². The van der Waals surface area contributed by atoms with Crippen molar-refractivity contribution in [3.8, 4) is 0 Å². The molecule has 1 fully saturated rings. The summed E-state index contributed by atoms with van der Waals surface area (Å²) in [5.41, 5.74) is -1.64. The second-order valence-corrected chi connectivity index (χ2v) is 5.88. The molecule has 0 radical (unpaired) electrons. The molecule has 2 atom stereocenters. The van der Waals surface area contributed by atoms with E-state index in [0.29, 0.717) is 13.0 Å². The summed E-state index contributed by atoms with van der Waals surface area (Å²) in [4.78, 5) is 25.6. The Labute approximate surface area is 103 Å². The third-order valence-electron chi connectivity index (χ3n) is 3.51. The summed E-state index contributed by atoms with van der Waals surface area (Å²) in [5, 5.41) is 10.3. The smallest absolute Gasteiger partial charge is 0.236 e. The standard InChI is InChI=1S/C13H23NO3/c1-6-7-14-11(16)10(9(2)15)13(5,17)8-12(14,3)4/h10,17H,6-8H2,1-5H3. The van der Waals surface area contributed by atoms with Crippen LogP contribution in [0.2, 0.25) is 0 Å². The zero-order chi connectivity index (χ0) is 13.4. The monoisotopic (exact) mass is 241 g/mol. The van der Waals surface area contributed by atoms with E-state index < -0.39 is 17.1 Å². The number of likely N-dealkylation sites (tertiary alicyclic amines) is 1. The summed E-state index contributed by atoms with van der Waals surface area (Å²) in [6, 6.07) is 0. The molecule has 0 aromatic rings. The topological polar surface area (TPSA) is 57.6 Å². The van der Waals surface area contributed by atoms with Crippen molar-refractivity contribution in [1.29, 1.82) is 0 Å². The normalized spacial score (nSPS) is 32.7. The molecule has 1 amide bonds. The minimum Gasteiger partial charge on any atom is -0.389 e. The molecule has 17 heavy (non-hydrogen) atoms. The van der Waals surface area contributed by atoms with Crippen molar-refractivity contribution >= 4 is 11.7 Å². The summed E-state index contributed by atoms with van der Waals surface area (Å²) in [7, 11) is 0. The van der Waals surface area contributed by atoms with Crippen LogP contribution < -0.4 is 0 Å². The van der Waals surface area contributed by atoms with Crippen LogP contribution >= 0.6 is 0 Å². The lowest BCUT2D eigenvalue weighted by Gasteiger charge is -2.51. The minimum atomic E-state index is -1.24. The Morgan fingerprint density at radius 2 is 2.00 bits per heavy atom. The molecule has 4 nitrogen and oxygen atoms in total. The van der Waals surface area contributed by atoms with E-state index in [0.717, 1.165) is 6.42 Å². The second-order valence-electron chi connectivity index (χ2n) is 5.88. The van der Waals surface area contributed by atoms with Crippen LogP contribution in [0, 0.1) is 5.92 Å². The van der Waals surface area contributed by atoms with E-state index in [1.165, 1.54) is 6.92 Å². The van der Waals surface area contributed by atoms with Gasteiger partial charge in [0, 0.05) is 12.1 Å². The van der Waals surface area contributed by atoms with E-state index in [1.54, 1.807) is 11.8 Å². The van der Waals surface area contributed by atoms with E-state index in [-0.39, 0.29) is 11.7 Å². The SMILES string of the molecule is CCCN1C(=O)C(C(C)=O)C(C)(O)CC1(C)C. The molecule has 0 bridgehead atoms. The van der Waals surface area contributed by atoms with Crippen molar-refractivity contribution < 1.29 is 14.7 Å². The van der Waals surface area contributed by atoms with Crippen molar-refractivity contribution in [3.05, 3.63) is 0 Å². The molecule has 98 valence electrons. The van der Waals surface area contributed by atoms with Crippen LogP contribution in [-0.2, 0) is 9.59 Å². The van der Waals surface area contributed by atoms with E-state index in [9.17, 15) is 14.7 Å². The third-order valence-corrected chi connectivity index (χ3v) is 3.51. The number of ketones is 1. The Kier molecular flexibility index (Phi) is 3.67. The van der Waals surface area contributed by atoms with E-state index in [1.807, 2.05) is 20.8 Å². The van der Waals surface area contributed by atoms with Gasteiger partial charge in [-0.05, 0) is 40.5 Å². The van der Waals surface area contributed by atoms with E-state index in [2.05, 4.69) is 0 Å². The Hall–Kier alpha value is -0.900. The summed E-state index contributed by atoms with van der Waals surface area (Å²) in [6.07, 6.45) is 1.28. The maximum absolute atomic E-state index is 12.3. The largest absolute Gasteiger partial charge is 0.389 e. The number of piperidine rings is 1. The molecule has 0 saturated carbocycles. The van der Waals surface area contributed by atoms with Crippen LogP contribution in [0.15, 0.2) is 0 Å². The second kappa shape index (κ2) is 4.41. The van der Waals surface area contributed by atoms with Gasteiger partial charge in [0.05, 0.1) is 5.60 Å². The highest BCUT2D eigenvalue weighted by Crippen LogP contribution is 2.39. The van der Waals surface area contributed by atoms with Crippen LogP contribution in [0.4, 0.5) is 0 Å². The number of Topliss-reactive ketones (excluding diaryl/α,β-unsaturated/α-hetero) is 1. The van der Waals surface area contributed by atoms with Gasteiger partial charge in [0.2, 0.25) is 5.91 Å². The number of hydrogen-bond acceptors (Lipinski definition) is 3. The molecule has 1 N–H and O–H groups in total. The summed E-state index contributed by atoms with van der Waals surface area (Å²) < 4.78 is 0. The number of aliphatic hydroxyl groups is 1. The fourth-order valence-corrected chi connectivity index (χ4v) is 3.04. The van der Waals surface area contributed by atoms with Crippen LogP contribution in [0.1, 0.15) is 47.5 Å². The molecule has 1 saturated heterocycles. The number of carbonyl (C=O) groups is 2. The number of carbonyl (C=O) groups excluding carboxylic acids is 2. The molecule has 0 aromatic carbocycles. The number of rotatable bonds is 3. The van der Waals surface area contributed by atoms with Gasteiger partial charge in [0.15, 0.2) is 0 Å². The first kappa shape index (κ1) is 14.2. The lowest BCUT2D eigenvalue weighted by Crippen LogP contribution is -2.64. The number of nitrogens with zero attached hydrogens (tertiary/aromatic N) is 1. The van der Waals surface area contributed by atoms with Gasteiger partial charge in [-0.3, -0.25) is 9.59 Å². The van der Waals surface area contributed by atoms with Crippen LogP contribution in [0.5, 0.6) is 0 Å². The van der Waals surface area contributed by atoms with Gasteiger partial charge < -0.3 is 10.0 Å². The Morgan fingerprint density at radius 1 is 1.47 bits per heavy atom. The lowest BCUT2D eigenvalue weighted by atomic mass is 9.72. The summed E-state index contributed by atoms with van der Waals surface area (Å²) in [5.74, 6) is -1.40. The molecule has 1 rings (SSSR count). The number of hydrogen-bond donors (Lipinski definition) is 1. The predicted molar refractivity (Wildman–Crippen MR) is 65.5 cm³/mol. The van der Waals surface area contributed by atoms with Gasteiger partial charge in [0.1, 0.15) is 11.7 Å². The highest BCUT2D eigenvalue weighted by molar-refractivity contribution is 6.02. The summed E-state index contributed by atoms with van der Waals surface area (Å²) in [6.45, 7) is 9.46. The fourth-order valence-electron chi connectivity index (χ4n) is 3.04. The van der Waals surface area contributed by atoms with Crippen LogP contribution in [-0.4, -0.2) is 39.4 Å². The quantitative estimate of drug-likeness (QED) is 0.759. The molecular weight excluding hydrogens is 218 g/mol. The van der Waals surface area contributed by atoms with Crippen molar-refractivity contribution in [2.75, 3.05) is 6.54 Å². The third kappa shape index (κ3) is 2.51. The van der Waals surface area contributed by atoms with Gasteiger partial charge in [0.25, 0.3) is 0 Å². The van der Waals surface area contributed by atoms with Crippen molar-refractivity contribution in [2.24, 2.45) is 5.92 Å². The minimum absolute atomic E-state index is 0.236. The van der Waals surface area contributed by atoms with E-state index >= 15 is 0 Å². The maximum atomic E-state index is 12.3. The average molecular weight is 241 g/mol. The molecule has 1 aliphatic rings. The molecule has 2 unspecified atom stereocenters. The van der Waals surface area contributed by atoms with Gasteiger partial charge in [-0.25, -0.2) is 0 Å². The molecule has 0 spiro atoms. The predicted octanol–water partition coefficient (Wildman–Crippen LogP) is 1.36.